The predicted molar refractivity (Wildman–Crippen MR) is 75.2 cm³/mol. The van der Waals surface area contributed by atoms with Gasteiger partial charge in [0.2, 0.25) is 0 Å². The van der Waals surface area contributed by atoms with Gasteiger partial charge in [-0.2, -0.15) is 0 Å². The van der Waals surface area contributed by atoms with Gasteiger partial charge in [0.15, 0.2) is 11.0 Å². The van der Waals surface area contributed by atoms with Gasteiger partial charge in [-0.25, -0.2) is 0 Å². The normalized spacial score (nSPS) is 19.8. The molecule has 0 amide bonds. The Bertz CT molecular complexity index is 349. The lowest BCUT2D eigenvalue weighted by molar-refractivity contribution is 0.398. The summed E-state index contributed by atoms with van der Waals surface area (Å²) in [6.07, 6.45) is 4.98. The third-order valence-electron chi connectivity index (χ3n) is 3.29. The van der Waals surface area contributed by atoms with Crippen LogP contribution >= 0.6 is 11.6 Å². The van der Waals surface area contributed by atoms with E-state index < -0.39 is 0 Å². The van der Waals surface area contributed by atoms with E-state index in [0.717, 1.165) is 31.9 Å². The highest BCUT2D eigenvalue weighted by atomic mass is 35.5. The zero-order valence-electron chi connectivity index (χ0n) is 10.9. The monoisotopic (exact) mass is 268 g/mol. The van der Waals surface area contributed by atoms with Gasteiger partial charge in [-0.3, -0.25) is 0 Å². The molecule has 0 spiro atoms. The summed E-state index contributed by atoms with van der Waals surface area (Å²) in [5, 5.41) is 12.1. The lowest BCUT2D eigenvalue weighted by Gasteiger charge is -2.30. The maximum Gasteiger partial charge on any atom is 0.151 e. The first-order chi connectivity index (χ1) is 8.79. The first-order valence-corrected chi connectivity index (χ1v) is 7.15. The highest BCUT2D eigenvalue weighted by Crippen LogP contribution is 2.15. The van der Waals surface area contributed by atoms with E-state index in [1.165, 1.54) is 19.3 Å². The Morgan fingerprint density at radius 1 is 1.39 bits per heavy atom. The van der Waals surface area contributed by atoms with Crippen molar-refractivity contribution < 1.29 is 0 Å². The van der Waals surface area contributed by atoms with Crippen LogP contribution < -0.4 is 10.2 Å². The summed E-state index contributed by atoms with van der Waals surface area (Å²) in [5.74, 6) is 0.925. The third kappa shape index (κ3) is 3.82. The maximum absolute atomic E-state index is 5.78. The van der Waals surface area contributed by atoms with Gasteiger partial charge in [-0.15, -0.1) is 10.2 Å². The molecule has 0 saturated carbocycles. The van der Waals surface area contributed by atoms with E-state index >= 15 is 0 Å². The fourth-order valence-corrected chi connectivity index (χ4v) is 2.49. The van der Waals surface area contributed by atoms with Gasteiger partial charge >= 0.3 is 0 Å². The molecule has 0 aromatic carbocycles. The van der Waals surface area contributed by atoms with Crippen molar-refractivity contribution in [3.63, 3.8) is 0 Å². The number of hydrogen-bond donors (Lipinski definition) is 1. The van der Waals surface area contributed by atoms with Crippen LogP contribution in [0.25, 0.3) is 0 Å². The molecule has 18 heavy (non-hydrogen) atoms. The minimum absolute atomic E-state index is 0.450. The molecule has 1 N–H and O–H groups in total. The minimum atomic E-state index is 0.450. The molecule has 1 aromatic heterocycles. The van der Waals surface area contributed by atoms with Gasteiger partial charge in [0.1, 0.15) is 0 Å². The summed E-state index contributed by atoms with van der Waals surface area (Å²) in [5.41, 5.74) is 0. The van der Waals surface area contributed by atoms with E-state index in [9.17, 15) is 0 Å². The summed E-state index contributed by atoms with van der Waals surface area (Å²) in [7, 11) is 0. The van der Waals surface area contributed by atoms with Crippen LogP contribution in [0.5, 0.6) is 0 Å². The highest BCUT2D eigenvalue weighted by Gasteiger charge is 2.17. The van der Waals surface area contributed by atoms with Crippen LogP contribution in [0.3, 0.4) is 0 Å². The van der Waals surface area contributed by atoms with Gasteiger partial charge in [-0.1, -0.05) is 24.9 Å². The molecular formula is C13H21ClN4. The molecule has 0 aliphatic carbocycles. The molecule has 2 heterocycles. The maximum atomic E-state index is 5.78. The van der Waals surface area contributed by atoms with Crippen molar-refractivity contribution in [2.24, 2.45) is 0 Å². The average Bonchev–Trinajstić information content (AvgIpc) is 2.40. The molecule has 4 nitrogen and oxygen atoms in total. The number of hydrogen-bond acceptors (Lipinski definition) is 4. The van der Waals surface area contributed by atoms with E-state index in [4.69, 9.17) is 11.6 Å². The Morgan fingerprint density at radius 2 is 2.28 bits per heavy atom. The largest absolute Gasteiger partial charge is 0.354 e. The topological polar surface area (TPSA) is 41.0 Å². The van der Waals surface area contributed by atoms with Gasteiger partial charge < -0.3 is 10.2 Å². The SMILES string of the molecule is CCCN(CC1CCCCN1)c1ccc(Cl)nn1. The molecule has 1 aliphatic heterocycles. The predicted octanol–water partition coefficient (Wildman–Crippen LogP) is 2.49. The van der Waals surface area contributed by atoms with E-state index in [-0.39, 0.29) is 0 Å². The summed E-state index contributed by atoms with van der Waals surface area (Å²) in [6, 6.07) is 4.33. The van der Waals surface area contributed by atoms with Crippen LogP contribution in [-0.2, 0) is 0 Å². The van der Waals surface area contributed by atoms with Crippen molar-refractivity contribution in [3.8, 4) is 0 Å². The summed E-state index contributed by atoms with van der Waals surface area (Å²) in [4.78, 5) is 2.30. The summed E-state index contributed by atoms with van der Waals surface area (Å²) < 4.78 is 0. The van der Waals surface area contributed by atoms with Gasteiger partial charge in [-0.05, 0) is 37.9 Å². The molecule has 1 aromatic rings. The number of rotatable bonds is 5. The Labute approximate surface area is 114 Å². The fourth-order valence-electron chi connectivity index (χ4n) is 2.39. The average molecular weight is 269 g/mol. The van der Waals surface area contributed by atoms with Gasteiger partial charge in [0.25, 0.3) is 0 Å². The van der Waals surface area contributed by atoms with Crippen LogP contribution in [-0.4, -0.2) is 35.9 Å². The van der Waals surface area contributed by atoms with E-state index in [1.807, 2.05) is 6.07 Å². The van der Waals surface area contributed by atoms with Crippen molar-refractivity contribution in [1.29, 1.82) is 0 Å². The molecule has 1 unspecified atom stereocenters. The Balaban J connectivity index is 2.00. The van der Waals surface area contributed by atoms with Crippen LogP contribution in [0.1, 0.15) is 32.6 Å². The standard InChI is InChI=1S/C13H21ClN4/c1-2-9-18(10-11-5-3-4-8-15-11)13-7-6-12(14)16-17-13/h6-7,11,15H,2-5,8-10H2,1H3. The lowest BCUT2D eigenvalue weighted by Crippen LogP contribution is -2.44. The number of anilines is 1. The van der Waals surface area contributed by atoms with E-state index in [2.05, 4.69) is 27.3 Å². The molecule has 100 valence electrons. The second-order valence-corrected chi connectivity index (χ2v) is 5.19. The second-order valence-electron chi connectivity index (χ2n) is 4.81. The Kier molecular flexibility index (Phi) is 5.20. The van der Waals surface area contributed by atoms with E-state index in [1.54, 1.807) is 6.07 Å². The first kappa shape index (κ1) is 13.6. The van der Waals surface area contributed by atoms with Gasteiger partial charge in [0.05, 0.1) is 0 Å². The van der Waals surface area contributed by atoms with Crippen molar-refractivity contribution in [2.45, 2.75) is 38.6 Å². The number of piperidine rings is 1. The molecule has 1 saturated heterocycles. The number of aromatic nitrogens is 2. The van der Waals surface area contributed by atoms with Crippen molar-refractivity contribution in [1.82, 2.24) is 15.5 Å². The van der Waals surface area contributed by atoms with Crippen LogP contribution in [0.15, 0.2) is 12.1 Å². The smallest absolute Gasteiger partial charge is 0.151 e. The van der Waals surface area contributed by atoms with Crippen molar-refractivity contribution in [3.05, 3.63) is 17.3 Å². The minimum Gasteiger partial charge on any atom is -0.354 e. The quantitative estimate of drug-likeness (QED) is 0.891. The van der Waals surface area contributed by atoms with E-state index in [0.29, 0.717) is 11.2 Å². The number of halogens is 1. The van der Waals surface area contributed by atoms with Crippen molar-refractivity contribution in [2.75, 3.05) is 24.5 Å². The molecular weight excluding hydrogens is 248 g/mol. The molecule has 0 radical (unpaired) electrons. The van der Waals surface area contributed by atoms with Gasteiger partial charge in [0, 0.05) is 19.1 Å². The molecule has 0 bridgehead atoms. The van der Waals surface area contributed by atoms with Crippen LogP contribution in [0.2, 0.25) is 5.15 Å². The Hall–Kier alpha value is -0.870. The lowest BCUT2D eigenvalue weighted by atomic mass is 10.0. The summed E-state index contributed by atoms with van der Waals surface area (Å²) in [6.45, 7) is 5.33. The zero-order chi connectivity index (χ0) is 12.8. The van der Waals surface area contributed by atoms with Crippen LogP contribution in [0, 0.1) is 0 Å². The highest BCUT2D eigenvalue weighted by molar-refractivity contribution is 6.29. The zero-order valence-corrected chi connectivity index (χ0v) is 11.7. The molecule has 1 atom stereocenters. The molecule has 2 rings (SSSR count). The van der Waals surface area contributed by atoms with Crippen molar-refractivity contribution >= 4 is 17.4 Å². The molecule has 1 aliphatic rings. The Morgan fingerprint density at radius 3 is 2.89 bits per heavy atom. The number of nitrogens with zero attached hydrogens (tertiary/aromatic N) is 3. The number of nitrogens with one attached hydrogen (secondary N) is 1. The second kappa shape index (κ2) is 6.90. The van der Waals surface area contributed by atoms with Crippen LogP contribution in [0.4, 0.5) is 5.82 Å². The summed E-state index contributed by atoms with van der Waals surface area (Å²) >= 11 is 5.78. The first-order valence-electron chi connectivity index (χ1n) is 6.77. The third-order valence-corrected chi connectivity index (χ3v) is 3.49. The molecule has 1 fully saturated rings. The fraction of sp³-hybridized carbons (Fsp3) is 0.692. The molecule has 5 heteroatoms.